The molecule has 100 valence electrons. The third kappa shape index (κ3) is 2.99. The molecule has 0 spiro atoms. The number of nitrogens with zero attached hydrogens (tertiary/aromatic N) is 2. The largest absolute Gasteiger partial charge is 0.398 e. The van der Waals surface area contributed by atoms with Gasteiger partial charge < -0.3 is 5.73 Å². The summed E-state index contributed by atoms with van der Waals surface area (Å²) in [6.45, 7) is 0. The van der Waals surface area contributed by atoms with E-state index in [9.17, 15) is 23.3 Å². The lowest BCUT2D eigenvalue weighted by Gasteiger charge is -2.16. The minimum atomic E-state index is -4.63. The van der Waals surface area contributed by atoms with E-state index in [0.29, 0.717) is 5.12 Å². The summed E-state index contributed by atoms with van der Waals surface area (Å²) in [7, 11) is 0. The van der Waals surface area contributed by atoms with Gasteiger partial charge in [0.2, 0.25) is 0 Å². The van der Waals surface area contributed by atoms with E-state index in [1.807, 2.05) is 0 Å². The van der Waals surface area contributed by atoms with Gasteiger partial charge in [0.05, 0.1) is 16.9 Å². The van der Waals surface area contributed by atoms with Gasteiger partial charge in [-0.2, -0.15) is 13.2 Å². The molecule has 0 aliphatic carbocycles. The molecule has 0 amide bonds. The van der Waals surface area contributed by atoms with Crippen molar-refractivity contribution in [3.05, 3.63) is 27.8 Å². The first-order chi connectivity index (χ1) is 8.13. The highest BCUT2D eigenvalue weighted by molar-refractivity contribution is 5.72. The molecule has 1 aromatic carbocycles. The molecule has 0 bridgehead atoms. The van der Waals surface area contributed by atoms with E-state index in [2.05, 4.69) is 0 Å². The minimum absolute atomic E-state index is 0.343. The molecule has 7 nitrogen and oxygen atoms in total. The summed E-state index contributed by atoms with van der Waals surface area (Å²) in [6, 6.07) is 2.16. The first-order valence-electron chi connectivity index (χ1n) is 4.55. The molecule has 0 aromatic heterocycles. The zero-order chi connectivity index (χ0) is 14.1. The van der Waals surface area contributed by atoms with Gasteiger partial charge in [-0.15, -0.1) is 0 Å². The second-order valence-corrected chi connectivity index (χ2v) is 3.46. The maximum Gasteiger partial charge on any atom is 0.393 e. The lowest BCUT2D eigenvalue weighted by Crippen LogP contribution is -2.38. The third-order valence-electron chi connectivity index (χ3n) is 2.14. The first kappa shape index (κ1) is 14.0. The van der Waals surface area contributed by atoms with Crippen LogP contribution in [0.5, 0.6) is 0 Å². The molecule has 1 aromatic rings. The summed E-state index contributed by atoms with van der Waals surface area (Å²) in [6.07, 6.45) is -6.16. The fraction of sp³-hybridized carbons (Fsp3) is 0.250. The van der Waals surface area contributed by atoms with Crippen molar-refractivity contribution in [3.63, 3.8) is 0 Å². The number of nitrogen functional groups attached to an aromatic ring is 1. The molecular weight excluding hydrogens is 255 g/mol. The number of nitrogens with two attached hydrogens (primary N) is 3. The second kappa shape index (κ2) is 4.66. The van der Waals surface area contributed by atoms with Crippen molar-refractivity contribution in [1.82, 2.24) is 0 Å². The number of alkyl halides is 3. The lowest BCUT2D eigenvalue weighted by molar-refractivity contribution is -0.385. The Labute approximate surface area is 99.0 Å². The monoisotopic (exact) mass is 265 g/mol. The van der Waals surface area contributed by atoms with Gasteiger partial charge in [0.25, 0.3) is 0 Å². The minimum Gasteiger partial charge on any atom is -0.398 e. The number of halogens is 3. The third-order valence-corrected chi connectivity index (χ3v) is 2.14. The molecule has 0 saturated heterocycles. The molecule has 18 heavy (non-hydrogen) atoms. The quantitative estimate of drug-likeness (QED) is 0.322. The fourth-order valence-electron chi connectivity index (χ4n) is 1.44. The molecular formula is C8H10F3N5O2. The van der Waals surface area contributed by atoms with Gasteiger partial charge in [0, 0.05) is 5.69 Å². The van der Waals surface area contributed by atoms with E-state index in [-0.39, 0.29) is 11.4 Å². The van der Waals surface area contributed by atoms with Gasteiger partial charge in [0.1, 0.15) is 5.69 Å². The highest BCUT2D eigenvalue weighted by Gasteiger charge is 2.35. The van der Waals surface area contributed by atoms with Crippen molar-refractivity contribution in [2.24, 2.45) is 11.7 Å². The zero-order valence-corrected chi connectivity index (χ0v) is 8.94. The SMILES string of the molecule is Nc1ccc(N(N)N)c([N+](=O)[O-])c1CC(F)(F)F. The Morgan fingerprint density at radius 3 is 2.28 bits per heavy atom. The summed E-state index contributed by atoms with van der Waals surface area (Å²) >= 11 is 0. The van der Waals surface area contributed by atoms with E-state index < -0.39 is 28.8 Å². The van der Waals surface area contributed by atoms with Gasteiger partial charge in [-0.3, -0.25) is 10.1 Å². The molecule has 0 unspecified atom stereocenters. The van der Waals surface area contributed by atoms with Crippen molar-refractivity contribution in [3.8, 4) is 0 Å². The molecule has 10 heteroatoms. The van der Waals surface area contributed by atoms with Crippen LogP contribution in [0.25, 0.3) is 0 Å². The topological polar surface area (TPSA) is 124 Å². The normalized spacial score (nSPS) is 11.4. The maximum atomic E-state index is 12.3. The number of hydrogen-bond acceptors (Lipinski definition) is 6. The number of benzene rings is 1. The van der Waals surface area contributed by atoms with Crippen LogP contribution in [0.4, 0.5) is 30.2 Å². The Kier molecular flexibility index (Phi) is 3.62. The molecule has 0 aliphatic heterocycles. The predicted molar refractivity (Wildman–Crippen MR) is 58.1 cm³/mol. The maximum absolute atomic E-state index is 12.3. The van der Waals surface area contributed by atoms with E-state index in [4.69, 9.17) is 17.4 Å². The Hall–Kier alpha value is -2.07. The van der Waals surface area contributed by atoms with E-state index in [0.717, 1.165) is 12.1 Å². The van der Waals surface area contributed by atoms with Gasteiger partial charge >= 0.3 is 11.9 Å². The summed E-state index contributed by atoms with van der Waals surface area (Å²) < 4.78 is 37.0. The van der Waals surface area contributed by atoms with Crippen molar-refractivity contribution >= 4 is 17.1 Å². The fourth-order valence-corrected chi connectivity index (χ4v) is 1.44. The van der Waals surface area contributed by atoms with Crippen LogP contribution in [0.2, 0.25) is 0 Å². The molecule has 0 aliphatic rings. The Bertz CT molecular complexity index is 475. The van der Waals surface area contributed by atoms with Crippen LogP contribution in [-0.2, 0) is 6.42 Å². The van der Waals surface area contributed by atoms with Crippen LogP contribution in [0.15, 0.2) is 12.1 Å². The molecule has 0 heterocycles. The number of anilines is 2. The number of hydrogen-bond donors (Lipinski definition) is 3. The summed E-state index contributed by atoms with van der Waals surface area (Å²) in [5.74, 6) is 10.2. The smallest absolute Gasteiger partial charge is 0.393 e. The number of nitro groups is 1. The van der Waals surface area contributed by atoms with Crippen molar-refractivity contribution in [2.45, 2.75) is 12.6 Å². The average molecular weight is 265 g/mol. The average Bonchev–Trinajstić information content (AvgIpc) is 2.17. The van der Waals surface area contributed by atoms with Crippen molar-refractivity contribution in [1.29, 1.82) is 0 Å². The number of hydrazine groups is 2. The Balaban J connectivity index is 3.46. The molecule has 0 saturated carbocycles. The second-order valence-electron chi connectivity index (χ2n) is 3.46. The molecule has 0 fully saturated rings. The highest BCUT2D eigenvalue weighted by Crippen LogP contribution is 2.37. The van der Waals surface area contributed by atoms with E-state index >= 15 is 0 Å². The van der Waals surface area contributed by atoms with Gasteiger partial charge in [0.15, 0.2) is 0 Å². The molecule has 0 radical (unpaired) electrons. The van der Waals surface area contributed by atoms with Crippen LogP contribution in [0, 0.1) is 10.1 Å². The summed E-state index contributed by atoms with van der Waals surface area (Å²) in [4.78, 5) is 9.83. The molecule has 6 N–H and O–H groups in total. The Morgan fingerprint density at radius 1 is 1.33 bits per heavy atom. The Morgan fingerprint density at radius 2 is 1.89 bits per heavy atom. The van der Waals surface area contributed by atoms with Crippen LogP contribution < -0.4 is 22.5 Å². The van der Waals surface area contributed by atoms with Gasteiger partial charge in [-0.05, 0) is 12.1 Å². The standard InChI is InChI=1S/C8H10F3N5O2/c9-8(10,11)3-4-5(12)1-2-6(15(13)14)7(4)16(17)18/h1-2H,3,12-14H2. The van der Waals surface area contributed by atoms with Gasteiger partial charge in [-0.25, -0.2) is 16.8 Å². The van der Waals surface area contributed by atoms with E-state index in [1.165, 1.54) is 0 Å². The summed E-state index contributed by atoms with van der Waals surface area (Å²) in [5, 5.41) is 11.2. The number of nitro benzene ring substituents is 1. The molecule has 0 atom stereocenters. The van der Waals surface area contributed by atoms with Gasteiger partial charge in [-0.1, -0.05) is 0 Å². The number of rotatable bonds is 3. The van der Waals surface area contributed by atoms with Crippen LogP contribution >= 0.6 is 0 Å². The summed E-state index contributed by atoms with van der Waals surface area (Å²) in [5.41, 5.74) is 3.12. The van der Waals surface area contributed by atoms with Crippen LogP contribution in [-0.4, -0.2) is 11.1 Å². The zero-order valence-electron chi connectivity index (χ0n) is 8.94. The lowest BCUT2D eigenvalue weighted by atomic mass is 10.1. The van der Waals surface area contributed by atoms with Crippen molar-refractivity contribution in [2.75, 3.05) is 10.9 Å². The van der Waals surface area contributed by atoms with Crippen molar-refractivity contribution < 1.29 is 18.1 Å². The van der Waals surface area contributed by atoms with E-state index in [1.54, 1.807) is 0 Å². The predicted octanol–water partition coefficient (Wildman–Crippen LogP) is 0.836. The van der Waals surface area contributed by atoms with Crippen LogP contribution in [0.3, 0.4) is 0 Å². The highest BCUT2D eigenvalue weighted by atomic mass is 19.4. The first-order valence-corrected chi connectivity index (χ1v) is 4.55. The van der Waals surface area contributed by atoms with Crippen LogP contribution in [0.1, 0.15) is 5.56 Å². The molecule has 1 rings (SSSR count).